The molecule has 2 aliphatic heterocycles. The van der Waals surface area contributed by atoms with E-state index in [2.05, 4.69) is 5.16 Å². The lowest BCUT2D eigenvalue weighted by molar-refractivity contribution is -0.150. The molecule has 3 atom stereocenters. The summed E-state index contributed by atoms with van der Waals surface area (Å²) in [6, 6.07) is 10.0. The van der Waals surface area contributed by atoms with E-state index in [9.17, 15) is 0 Å². The van der Waals surface area contributed by atoms with Crippen LogP contribution in [-0.2, 0) is 25.7 Å². The molecule has 0 N–H and O–H groups in total. The summed E-state index contributed by atoms with van der Waals surface area (Å²) in [6.07, 6.45) is 0.0589. The lowest BCUT2D eigenvalue weighted by Gasteiger charge is -2.24. The number of halogens is 1. The minimum absolute atomic E-state index is 0.0928. The minimum Gasteiger partial charge on any atom is -0.391 e. The Labute approximate surface area is 141 Å². The molecule has 0 saturated carbocycles. The highest BCUT2D eigenvalue weighted by Crippen LogP contribution is 2.29. The second-order valence-electron chi connectivity index (χ2n) is 6.25. The minimum atomic E-state index is -0.606. The fraction of sp³-hybridized carbons (Fsp3) is 0.588. The first kappa shape index (κ1) is 16.7. The first-order valence-corrected chi connectivity index (χ1v) is 8.37. The van der Waals surface area contributed by atoms with Crippen molar-refractivity contribution in [2.24, 2.45) is 5.16 Å². The first-order chi connectivity index (χ1) is 11.1. The van der Waals surface area contributed by atoms with Crippen molar-refractivity contribution in [2.75, 3.05) is 12.5 Å². The third-order valence-electron chi connectivity index (χ3n) is 3.90. The molecule has 0 radical (unpaired) electrons. The Morgan fingerprint density at radius 2 is 2.13 bits per heavy atom. The molecule has 2 heterocycles. The third kappa shape index (κ3) is 4.23. The first-order valence-electron chi connectivity index (χ1n) is 7.83. The normalized spacial score (nSPS) is 27.5. The van der Waals surface area contributed by atoms with E-state index in [0.29, 0.717) is 25.5 Å². The predicted molar refractivity (Wildman–Crippen MR) is 87.6 cm³/mol. The summed E-state index contributed by atoms with van der Waals surface area (Å²) in [5.74, 6) is -0.198. The fourth-order valence-electron chi connectivity index (χ4n) is 2.74. The Hall–Kier alpha value is -1.14. The number of hydrogen-bond donors (Lipinski definition) is 0. The van der Waals surface area contributed by atoms with Crippen molar-refractivity contribution in [2.45, 2.75) is 51.0 Å². The van der Waals surface area contributed by atoms with Crippen LogP contribution in [0.4, 0.5) is 0 Å². The number of ether oxygens (including phenoxy) is 3. The van der Waals surface area contributed by atoms with Crippen LogP contribution >= 0.6 is 11.6 Å². The highest BCUT2D eigenvalue weighted by atomic mass is 35.5. The van der Waals surface area contributed by atoms with Crippen LogP contribution in [0.5, 0.6) is 0 Å². The quantitative estimate of drug-likeness (QED) is 0.747. The van der Waals surface area contributed by atoms with Crippen molar-refractivity contribution in [3.8, 4) is 0 Å². The lowest BCUT2D eigenvalue weighted by Crippen LogP contribution is -2.39. The van der Waals surface area contributed by atoms with Crippen LogP contribution < -0.4 is 0 Å². The van der Waals surface area contributed by atoms with E-state index < -0.39 is 5.79 Å². The molecule has 1 aromatic rings. The van der Waals surface area contributed by atoms with Crippen LogP contribution in [0.3, 0.4) is 0 Å². The van der Waals surface area contributed by atoms with Crippen LogP contribution in [0.1, 0.15) is 25.8 Å². The zero-order chi connectivity index (χ0) is 16.3. The summed E-state index contributed by atoms with van der Waals surface area (Å²) >= 11 is 5.86. The van der Waals surface area contributed by atoms with Crippen molar-refractivity contribution in [3.05, 3.63) is 35.9 Å². The predicted octanol–water partition coefficient (Wildman–Crippen LogP) is 3.11. The van der Waals surface area contributed by atoms with Crippen molar-refractivity contribution >= 4 is 17.3 Å². The van der Waals surface area contributed by atoms with E-state index in [1.165, 1.54) is 0 Å². The van der Waals surface area contributed by atoms with Crippen LogP contribution in [-0.4, -0.2) is 42.3 Å². The SMILES string of the molecule is CC1(C)OC[C@@H]([C@@H](OCc2ccccc2)C2=NO[C@@H](CCl)C2)O1. The van der Waals surface area contributed by atoms with Crippen molar-refractivity contribution < 1.29 is 19.0 Å². The maximum Gasteiger partial charge on any atom is 0.163 e. The molecule has 1 fully saturated rings. The molecular weight excluding hydrogens is 318 g/mol. The Bertz CT molecular complexity index is 549. The van der Waals surface area contributed by atoms with E-state index in [1.54, 1.807) is 0 Å². The number of rotatable bonds is 6. The maximum absolute atomic E-state index is 6.12. The van der Waals surface area contributed by atoms with Gasteiger partial charge in [0.15, 0.2) is 5.79 Å². The number of oxime groups is 1. The van der Waals surface area contributed by atoms with Gasteiger partial charge in [-0.25, -0.2) is 0 Å². The van der Waals surface area contributed by atoms with Gasteiger partial charge in [-0.15, -0.1) is 11.6 Å². The zero-order valence-corrected chi connectivity index (χ0v) is 14.2. The van der Waals surface area contributed by atoms with E-state index in [4.69, 9.17) is 30.6 Å². The molecule has 0 unspecified atom stereocenters. The van der Waals surface area contributed by atoms with E-state index >= 15 is 0 Å². The van der Waals surface area contributed by atoms with Crippen molar-refractivity contribution in [1.82, 2.24) is 0 Å². The molecule has 23 heavy (non-hydrogen) atoms. The van der Waals surface area contributed by atoms with Crippen LogP contribution in [0, 0.1) is 0 Å². The second kappa shape index (κ2) is 7.18. The Balaban J connectivity index is 1.69. The standard InChI is InChI=1S/C17H22ClNO4/c1-17(2)21-11-15(22-17)16(14-8-13(9-18)23-19-14)20-10-12-6-4-3-5-7-12/h3-7,13,15-16H,8-11H2,1-2H3/t13-,15+,16+/m1/s1. The summed E-state index contributed by atoms with van der Waals surface area (Å²) in [7, 11) is 0. The van der Waals surface area contributed by atoms with Gasteiger partial charge in [0.05, 0.1) is 24.8 Å². The molecule has 6 heteroatoms. The van der Waals surface area contributed by atoms with Crippen LogP contribution in [0.2, 0.25) is 0 Å². The second-order valence-corrected chi connectivity index (χ2v) is 6.56. The Morgan fingerprint density at radius 1 is 1.35 bits per heavy atom. The van der Waals surface area contributed by atoms with E-state index in [1.807, 2.05) is 44.2 Å². The molecule has 0 spiro atoms. The van der Waals surface area contributed by atoms with Gasteiger partial charge in [-0.2, -0.15) is 0 Å². The summed E-state index contributed by atoms with van der Waals surface area (Å²) in [6.45, 7) is 4.75. The maximum atomic E-state index is 6.12. The average Bonchev–Trinajstić information content (AvgIpc) is 3.15. The van der Waals surface area contributed by atoms with Gasteiger partial charge in [0.25, 0.3) is 0 Å². The van der Waals surface area contributed by atoms with Crippen molar-refractivity contribution in [3.63, 3.8) is 0 Å². The topological polar surface area (TPSA) is 49.3 Å². The molecular formula is C17H22ClNO4. The molecule has 0 aliphatic carbocycles. The highest BCUT2D eigenvalue weighted by Gasteiger charge is 2.42. The fourth-order valence-corrected chi connectivity index (χ4v) is 2.91. The van der Waals surface area contributed by atoms with Gasteiger partial charge in [0.1, 0.15) is 18.3 Å². The zero-order valence-electron chi connectivity index (χ0n) is 13.4. The number of hydrogen-bond acceptors (Lipinski definition) is 5. The number of nitrogens with zero attached hydrogens (tertiary/aromatic N) is 1. The monoisotopic (exact) mass is 339 g/mol. The molecule has 5 nitrogen and oxygen atoms in total. The van der Waals surface area contributed by atoms with Crippen LogP contribution in [0.15, 0.2) is 35.5 Å². The van der Waals surface area contributed by atoms with Gasteiger partial charge in [-0.1, -0.05) is 35.5 Å². The third-order valence-corrected chi connectivity index (χ3v) is 4.24. The Kier molecular flexibility index (Phi) is 5.21. The molecule has 0 amide bonds. The summed E-state index contributed by atoms with van der Waals surface area (Å²) < 4.78 is 17.8. The van der Waals surface area contributed by atoms with Crippen molar-refractivity contribution in [1.29, 1.82) is 0 Å². The largest absolute Gasteiger partial charge is 0.391 e. The molecule has 2 aliphatic rings. The Morgan fingerprint density at radius 3 is 2.74 bits per heavy atom. The summed E-state index contributed by atoms with van der Waals surface area (Å²) in [5.41, 5.74) is 1.93. The smallest absolute Gasteiger partial charge is 0.163 e. The average molecular weight is 340 g/mol. The van der Waals surface area contributed by atoms with Gasteiger partial charge in [-0.3, -0.25) is 0 Å². The molecule has 3 rings (SSSR count). The molecule has 126 valence electrons. The molecule has 1 aromatic carbocycles. The van der Waals surface area contributed by atoms with Gasteiger partial charge in [-0.05, 0) is 19.4 Å². The molecule has 1 saturated heterocycles. The van der Waals surface area contributed by atoms with Gasteiger partial charge in [0.2, 0.25) is 0 Å². The molecule has 0 aromatic heterocycles. The van der Waals surface area contributed by atoms with Gasteiger partial charge < -0.3 is 19.0 Å². The highest BCUT2D eigenvalue weighted by molar-refractivity contribution is 6.18. The number of benzene rings is 1. The summed E-state index contributed by atoms with van der Waals surface area (Å²) in [5, 5.41) is 4.16. The molecule has 0 bridgehead atoms. The van der Waals surface area contributed by atoms with Gasteiger partial charge in [0, 0.05) is 6.42 Å². The number of alkyl halides is 1. The lowest BCUT2D eigenvalue weighted by atomic mass is 10.0. The van der Waals surface area contributed by atoms with E-state index in [0.717, 1.165) is 11.3 Å². The van der Waals surface area contributed by atoms with Crippen LogP contribution in [0.25, 0.3) is 0 Å². The van der Waals surface area contributed by atoms with E-state index in [-0.39, 0.29) is 18.3 Å². The van der Waals surface area contributed by atoms with Gasteiger partial charge >= 0.3 is 0 Å². The summed E-state index contributed by atoms with van der Waals surface area (Å²) in [4.78, 5) is 5.34.